The van der Waals surface area contributed by atoms with Crippen molar-refractivity contribution >= 4 is 17.8 Å². The number of nitrogens with zero attached hydrogens (tertiary/aromatic N) is 2. The van der Waals surface area contributed by atoms with Crippen LogP contribution in [0.15, 0.2) is 4.99 Å². The quantitative estimate of drug-likeness (QED) is 0.639. The Labute approximate surface area is 105 Å². The van der Waals surface area contributed by atoms with E-state index >= 15 is 0 Å². The first-order valence-electron chi connectivity index (χ1n) is 5.95. The number of ether oxygens (including phenoxy) is 2. The summed E-state index contributed by atoms with van der Waals surface area (Å²) < 4.78 is 9.79. The number of amides is 1. The molecule has 0 aromatic heterocycles. The van der Waals surface area contributed by atoms with Gasteiger partial charge in [-0.15, -0.1) is 0 Å². The van der Waals surface area contributed by atoms with E-state index in [9.17, 15) is 9.59 Å². The predicted octanol–water partition coefficient (Wildman–Crippen LogP) is -1.02. The molecule has 0 saturated carbocycles. The van der Waals surface area contributed by atoms with Crippen LogP contribution in [-0.4, -0.2) is 62.7 Å². The van der Waals surface area contributed by atoms with Crippen LogP contribution in [0, 0.1) is 5.92 Å². The first-order chi connectivity index (χ1) is 8.70. The molecule has 1 saturated heterocycles. The summed E-state index contributed by atoms with van der Waals surface area (Å²) in [5, 5.41) is 2.74. The van der Waals surface area contributed by atoms with Gasteiger partial charge in [-0.3, -0.25) is 19.9 Å². The number of methoxy groups -OCH3 is 1. The van der Waals surface area contributed by atoms with Gasteiger partial charge in [-0.05, 0) is 0 Å². The number of morpholine rings is 1. The zero-order chi connectivity index (χ0) is 13.0. The van der Waals surface area contributed by atoms with E-state index < -0.39 is 5.92 Å². The highest BCUT2D eigenvalue weighted by Gasteiger charge is 2.29. The summed E-state index contributed by atoms with van der Waals surface area (Å²) in [6, 6.07) is 0. The number of guanidine groups is 1. The number of carbonyl (C=O) groups excluding carboxylic acids is 2. The first-order valence-corrected chi connectivity index (χ1v) is 5.95. The van der Waals surface area contributed by atoms with Gasteiger partial charge in [-0.1, -0.05) is 0 Å². The molecule has 2 aliphatic rings. The fourth-order valence-corrected chi connectivity index (χ4v) is 1.93. The fourth-order valence-electron chi connectivity index (χ4n) is 1.93. The largest absolute Gasteiger partial charge is 0.469 e. The summed E-state index contributed by atoms with van der Waals surface area (Å²) >= 11 is 0. The van der Waals surface area contributed by atoms with Crippen molar-refractivity contribution in [2.45, 2.75) is 6.42 Å². The monoisotopic (exact) mass is 255 g/mol. The van der Waals surface area contributed by atoms with Crippen LogP contribution in [0.5, 0.6) is 0 Å². The van der Waals surface area contributed by atoms with Gasteiger partial charge in [0.2, 0.25) is 11.9 Å². The number of hydrogen-bond acceptors (Lipinski definition) is 6. The van der Waals surface area contributed by atoms with E-state index in [0.717, 1.165) is 13.1 Å². The minimum atomic E-state index is -0.428. The van der Waals surface area contributed by atoms with Crippen molar-refractivity contribution in [3.05, 3.63) is 0 Å². The Bertz CT molecular complexity index is 363. The summed E-state index contributed by atoms with van der Waals surface area (Å²) in [5.41, 5.74) is 0. The maximum absolute atomic E-state index is 11.8. The van der Waals surface area contributed by atoms with Gasteiger partial charge in [-0.25, -0.2) is 0 Å². The average Bonchev–Trinajstić information content (AvgIpc) is 2.42. The highest BCUT2D eigenvalue weighted by molar-refractivity contribution is 6.00. The molecule has 0 radical (unpaired) electrons. The lowest BCUT2D eigenvalue weighted by Crippen LogP contribution is -2.53. The average molecular weight is 255 g/mol. The van der Waals surface area contributed by atoms with Crippen LogP contribution >= 0.6 is 0 Å². The van der Waals surface area contributed by atoms with Gasteiger partial charge in [0.1, 0.15) is 0 Å². The van der Waals surface area contributed by atoms with Crippen molar-refractivity contribution < 1.29 is 19.1 Å². The Kier molecular flexibility index (Phi) is 4.14. The third-order valence-electron chi connectivity index (χ3n) is 3.02. The van der Waals surface area contributed by atoms with E-state index in [4.69, 9.17) is 4.74 Å². The number of aliphatic imine (C=N–C) groups is 1. The Morgan fingerprint density at radius 1 is 1.56 bits per heavy atom. The number of carbonyl (C=O) groups is 2. The number of rotatable bonds is 2. The van der Waals surface area contributed by atoms with Crippen molar-refractivity contribution in [1.82, 2.24) is 10.2 Å². The summed E-state index contributed by atoms with van der Waals surface area (Å²) in [6.45, 7) is 3.05. The van der Waals surface area contributed by atoms with Gasteiger partial charge in [0.05, 0.1) is 39.2 Å². The van der Waals surface area contributed by atoms with Crippen LogP contribution in [0.3, 0.4) is 0 Å². The highest BCUT2D eigenvalue weighted by Crippen LogP contribution is 2.11. The molecule has 18 heavy (non-hydrogen) atoms. The second-order valence-corrected chi connectivity index (χ2v) is 4.23. The van der Waals surface area contributed by atoms with E-state index in [2.05, 4.69) is 15.0 Å². The second-order valence-electron chi connectivity index (χ2n) is 4.23. The van der Waals surface area contributed by atoms with Crippen LogP contribution in [0.2, 0.25) is 0 Å². The molecule has 0 spiro atoms. The Morgan fingerprint density at radius 3 is 2.89 bits per heavy atom. The number of hydrogen-bond donors (Lipinski definition) is 1. The minimum Gasteiger partial charge on any atom is -0.469 e. The zero-order valence-corrected chi connectivity index (χ0v) is 10.3. The van der Waals surface area contributed by atoms with Crippen LogP contribution in [-0.2, 0) is 19.1 Å². The van der Waals surface area contributed by atoms with Crippen molar-refractivity contribution in [2.75, 3.05) is 40.0 Å². The first kappa shape index (κ1) is 12.8. The second kappa shape index (κ2) is 5.81. The zero-order valence-electron chi connectivity index (χ0n) is 10.3. The van der Waals surface area contributed by atoms with Crippen LogP contribution in [0.4, 0.5) is 0 Å². The normalized spacial score (nSPS) is 24.3. The molecule has 1 N–H and O–H groups in total. The van der Waals surface area contributed by atoms with Gasteiger partial charge < -0.3 is 14.4 Å². The minimum absolute atomic E-state index is 0.0717. The van der Waals surface area contributed by atoms with E-state index in [1.807, 2.05) is 4.90 Å². The predicted molar refractivity (Wildman–Crippen MR) is 63.0 cm³/mol. The topological polar surface area (TPSA) is 80.2 Å². The van der Waals surface area contributed by atoms with Crippen LogP contribution < -0.4 is 5.32 Å². The summed E-state index contributed by atoms with van der Waals surface area (Å²) in [7, 11) is 1.31. The number of esters is 1. The SMILES string of the molecule is COC(=O)C[C@H]1CN=C(N2CCOCC2)NC1=O. The smallest absolute Gasteiger partial charge is 0.306 e. The molecule has 2 aliphatic heterocycles. The Hall–Kier alpha value is -1.63. The standard InChI is InChI=1S/C11H17N3O4/c1-17-9(15)6-8-7-12-11(13-10(8)16)14-2-4-18-5-3-14/h8H,2-7H2,1H3,(H,12,13,16)/t8-/m0/s1. The maximum atomic E-state index is 11.8. The Morgan fingerprint density at radius 2 is 2.28 bits per heavy atom. The molecule has 7 heteroatoms. The molecule has 0 aromatic carbocycles. The lowest BCUT2D eigenvalue weighted by molar-refractivity contribution is -0.144. The summed E-state index contributed by atoms with van der Waals surface area (Å²) in [4.78, 5) is 29.3. The molecule has 1 atom stereocenters. The third-order valence-corrected chi connectivity index (χ3v) is 3.02. The third kappa shape index (κ3) is 2.98. The van der Waals surface area contributed by atoms with Crippen LogP contribution in [0.25, 0.3) is 0 Å². The molecule has 0 aliphatic carbocycles. The molecule has 7 nitrogen and oxygen atoms in total. The van der Waals surface area contributed by atoms with Crippen molar-refractivity contribution in [2.24, 2.45) is 10.9 Å². The molecular formula is C11H17N3O4. The van der Waals surface area contributed by atoms with E-state index in [1.54, 1.807) is 0 Å². The van der Waals surface area contributed by atoms with E-state index in [0.29, 0.717) is 25.7 Å². The molecule has 0 aromatic rings. The van der Waals surface area contributed by atoms with Crippen molar-refractivity contribution in [3.8, 4) is 0 Å². The number of nitrogens with one attached hydrogen (secondary N) is 1. The van der Waals surface area contributed by atoms with Crippen molar-refractivity contribution in [1.29, 1.82) is 0 Å². The van der Waals surface area contributed by atoms with Gasteiger partial charge in [0.15, 0.2) is 0 Å². The molecule has 2 heterocycles. The van der Waals surface area contributed by atoms with Gasteiger partial charge >= 0.3 is 5.97 Å². The molecule has 0 unspecified atom stereocenters. The molecule has 2 rings (SSSR count). The molecule has 1 fully saturated rings. The van der Waals surface area contributed by atoms with Gasteiger partial charge in [0.25, 0.3) is 0 Å². The highest BCUT2D eigenvalue weighted by atomic mass is 16.5. The molecule has 100 valence electrons. The van der Waals surface area contributed by atoms with Crippen molar-refractivity contribution in [3.63, 3.8) is 0 Å². The van der Waals surface area contributed by atoms with Gasteiger partial charge in [0, 0.05) is 13.1 Å². The lowest BCUT2D eigenvalue weighted by atomic mass is 10.0. The maximum Gasteiger partial charge on any atom is 0.306 e. The molecule has 1 amide bonds. The molecular weight excluding hydrogens is 238 g/mol. The van der Waals surface area contributed by atoms with E-state index in [1.165, 1.54) is 7.11 Å². The lowest BCUT2D eigenvalue weighted by Gasteiger charge is -2.32. The molecule has 0 bridgehead atoms. The fraction of sp³-hybridized carbons (Fsp3) is 0.727. The summed E-state index contributed by atoms with van der Waals surface area (Å²) in [5.74, 6) is -0.399. The Balaban J connectivity index is 1.93. The summed E-state index contributed by atoms with van der Waals surface area (Å²) in [6.07, 6.45) is 0.0717. The van der Waals surface area contributed by atoms with Gasteiger partial charge in [-0.2, -0.15) is 0 Å². The van der Waals surface area contributed by atoms with Crippen LogP contribution in [0.1, 0.15) is 6.42 Å². The van der Waals surface area contributed by atoms with E-state index in [-0.39, 0.29) is 18.3 Å².